The van der Waals surface area contributed by atoms with Crippen molar-refractivity contribution >= 4 is 0 Å². The molecule has 2 rings (SSSR count). The molecule has 35 heavy (non-hydrogen) atoms. The average molecular weight is 511 g/mol. The van der Waals surface area contributed by atoms with Crippen LogP contribution in [0.4, 0.5) is 0 Å². The third-order valence-electron chi connectivity index (χ3n) is 6.74. The van der Waals surface area contributed by atoms with Crippen LogP contribution in [0.5, 0.6) is 0 Å². The minimum Gasteiger partial charge on any atom is -0.394 e. The maximum Gasteiger partial charge on any atom is 0.187 e. The highest BCUT2D eigenvalue weighted by Gasteiger charge is 2.50. The minimum atomic E-state index is -1.69. The molecule has 0 spiro atoms. The topological polar surface area (TPSA) is 179 Å². The lowest BCUT2D eigenvalue weighted by Gasteiger charge is -2.45. The van der Waals surface area contributed by atoms with E-state index < -0.39 is 74.6 Å². The summed E-state index contributed by atoms with van der Waals surface area (Å²) < 4.78 is 22.0. The second-order valence-electron chi connectivity index (χ2n) is 9.56. The van der Waals surface area contributed by atoms with Gasteiger partial charge >= 0.3 is 0 Å². The molecule has 2 saturated heterocycles. The van der Waals surface area contributed by atoms with Crippen LogP contribution < -0.4 is 0 Å². The highest BCUT2D eigenvalue weighted by molar-refractivity contribution is 4.94. The van der Waals surface area contributed by atoms with Crippen LogP contribution in [0.25, 0.3) is 0 Å². The van der Waals surface area contributed by atoms with Crippen LogP contribution >= 0.6 is 0 Å². The fraction of sp³-hybridized carbons (Fsp3) is 1.00. The first-order valence-electron chi connectivity index (χ1n) is 13.1. The Bertz CT molecular complexity index is 550. The van der Waals surface area contributed by atoms with Crippen LogP contribution in [0.2, 0.25) is 0 Å². The monoisotopic (exact) mass is 510 g/mol. The third-order valence-corrected chi connectivity index (χ3v) is 6.74. The molecule has 0 bridgehead atoms. The van der Waals surface area contributed by atoms with E-state index in [1.54, 1.807) is 0 Å². The minimum absolute atomic E-state index is 0.321. The van der Waals surface area contributed by atoms with Crippen molar-refractivity contribution in [2.75, 3.05) is 19.8 Å². The van der Waals surface area contributed by atoms with Gasteiger partial charge in [0.05, 0.1) is 13.2 Å². The summed E-state index contributed by atoms with van der Waals surface area (Å²) in [4.78, 5) is 0. The van der Waals surface area contributed by atoms with Crippen LogP contribution in [-0.2, 0) is 18.9 Å². The summed E-state index contributed by atoms with van der Waals surface area (Å²) in [6.45, 7) is 1.31. The first-order valence-corrected chi connectivity index (χ1v) is 13.1. The Hall–Kier alpha value is -0.440. The molecule has 0 aromatic carbocycles. The van der Waals surface area contributed by atoms with E-state index in [-0.39, 0.29) is 0 Å². The molecule has 2 aliphatic rings. The van der Waals surface area contributed by atoms with Crippen LogP contribution in [0.1, 0.15) is 71.1 Å². The van der Waals surface area contributed by atoms with Crippen molar-refractivity contribution < 1.29 is 54.7 Å². The van der Waals surface area contributed by atoms with Crippen molar-refractivity contribution in [3.05, 3.63) is 0 Å². The van der Waals surface area contributed by atoms with Crippen LogP contribution in [-0.4, -0.2) is 117 Å². The van der Waals surface area contributed by atoms with Gasteiger partial charge in [0, 0.05) is 6.61 Å². The largest absolute Gasteiger partial charge is 0.394 e. The van der Waals surface area contributed by atoms with Crippen LogP contribution in [0.3, 0.4) is 0 Å². The molecule has 0 amide bonds. The predicted molar refractivity (Wildman–Crippen MR) is 124 cm³/mol. The predicted octanol–water partition coefficient (Wildman–Crippen LogP) is -0.452. The quantitative estimate of drug-likeness (QED) is 0.134. The molecule has 0 aromatic rings. The molecular weight excluding hydrogens is 464 g/mol. The van der Waals surface area contributed by atoms with E-state index in [1.807, 2.05) is 0 Å². The zero-order valence-electron chi connectivity index (χ0n) is 20.7. The summed E-state index contributed by atoms with van der Waals surface area (Å²) in [5.41, 5.74) is 0. The lowest BCUT2D eigenvalue weighted by Crippen LogP contribution is -2.64. The maximum atomic E-state index is 10.6. The van der Waals surface area contributed by atoms with Gasteiger partial charge in [0.25, 0.3) is 0 Å². The standard InChI is InChI=1S/C24H46O11/c1-2-3-4-5-6-7-8-9-10-11-12-32-23-21(31)19(29)22(16(14-26)34-23)35-24-20(30)18(28)17(27)15(13-25)33-24/h15-31H,2-14H2,1H3/t15-,16-,17+,18+,19-,20+,21+,22+,23-,24+/m0/s1. The normalized spacial score (nSPS) is 38.1. The molecule has 11 heteroatoms. The molecule has 0 radical (unpaired) electrons. The summed E-state index contributed by atoms with van der Waals surface area (Å²) in [6.07, 6.45) is -2.63. The van der Waals surface area contributed by atoms with E-state index in [2.05, 4.69) is 6.92 Å². The van der Waals surface area contributed by atoms with Gasteiger partial charge < -0.3 is 54.7 Å². The molecule has 208 valence electrons. The molecule has 2 heterocycles. The fourth-order valence-electron chi connectivity index (χ4n) is 4.48. The Morgan fingerprint density at radius 1 is 0.571 bits per heavy atom. The SMILES string of the molecule is CCCCCCCCCCCCO[C@H]1O[C@@H](CO)[C@@H](O[C@H]2O[C@@H](CO)[C@@H](O)[C@@H](O)[C@H]2O)[C@@H](O)[C@H]1O. The van der Waals surface area contributed by atoms with E-state index in [0.29, 0.717) is 6.61 Å². The molecule has 0 unspecified atom stereocenters. The van der Waals surface area contributed by atoms with Gasteiger partial charge in [-0.2, -0.15) is 0 Å². The van der Waals surface area contributed by atoms with E-state index in [4.69, 9.17) is 18.9 Å². The number of ether oxygens (including phenoxy) is 4. The Labute approximate surface area is 207 Å². The van der Waals surface area contributed by atoms with Gasteiger partial charge in [0.15, 0.2) is 12.6 Å². The second kappa shape index (κ2) is 16.4. The third kappa shape index (κ3) is 9.11. The average Bonchev–Trinajstić information content (AvgIpc) is 2.86. The first-order chi connectivity index (χ1) is 16.8. The maximum absolute atomic E-state index is 10.6. The van der Waals surface area contributed by atoms with E-state index >= 15 is 0 Å². The van der Waals surface area contributed by atoms with E-state index in [1.165, 1.54) is 44.9 Å². The lowest BCUT2D eigenvalue weighted by atomic mass is 9.97. The zero-order valence-corrected chi connectivity index (χ0v) is 20.7. The summed E-state index contributed by atoms with van der Waals surface area (Å²) in [5.74, 6) is 0. The van der Waals surface area contributed by atoms with Crippen molar-refractivity contribution in [1.29, 1.82) is 0 Å². The van der Waals surface area contributed by atoms with Gasteiger partial charge in [-0.05, 0) is 6.42 Å². The van der Waals surface area contributed by atoms with Crippen molar-refractivity contribution in [2.24, 2.45) is 0 Å². The number of rotatable bonds is 16. The van der Waals surface area contributed by atoms with Crippen molar-refractivity contribution in [3.63, 3.8) is 0 Å². The van der Waals surface area contributed by atoms with Gasteiger partial charge in [0.2, 0.25) is 0 Å². The summed E-state index contributed by atoms with van der Waals surface area (Å²) >= 11 is 0. The molecule has 0 aliphatic carbocycles. The second-order valence-corrected chi connectivity index (χ2v) is 9.56. The number of unbranched alkanes of at least 4 members (excludes halogenated alkanes) is 9. The van der Waals surface area contributed by atoms with Crippen molar-refractivity contribution in [3.8, 4) is 0 Å². The Kier molecular flexibility index (Phi) is 14.4. The van der Waals surface area contributed by atoms with Crippen LogP contribution in [0, 0.1) is 0 Å². The molecule has 0 aromatic heterocycles. The molecule has 0 saturated carbocycles. The van der Waals surface area contributed by atoms with Gasteiger partial charge in [0.1, 0.15) is 48.8 Å². The smallest absolute Gasteiger partial charge is 0.187 e. The van der Waals surface area contributed by atoms with Gasteiger partial charge in [-0.15, -0.1) is 0 Å². The zero-order chi connectivity index (χ0) is 25.8. The van der Waals surface area contributed by atoms with E-state index in [9.17, 15) is 35.7 Å². The Morgan fingerprint density at radius 3 is 1.66 bits per heavy atom. The van der Waals surface area contributed by atoms with Gasteiger partial charge in [-0.25, -0.2) is 0 Å². The van der Waals surface area contributed by atoms with Crippen LogP contribution in [0.15, 0.2) is 0 Å². The Balaban J connectivity index is 1.74. The summed E-state index contributed by atoms with van der Waals surface area (Å²) in [5, 5.41) is 70.1. The van der Waals surface area contributed by atoms with Gasteiger partial charge in [-0.1, -0.05) is 64.7 Å². The van der Waals surface area contributed by atoms with Crippen molar-refractivity contribution in [2.45, 2.75) is 133 Å². The summed E-state index contributed by atoms with van der Waals surface area (Å²) in [7, 11) is 0. The Morgan fingerprint density at radius 2 is 1.09 bits per heavy atom. The lowest BCUT2D eigenvalue weighted by molar-refractivity contribution is -0.359. The molecule has 11 nitrogen and oxygen atoms in total. The summed E-state index contributed by atoms with van der Waals surface area (Å²) in [6, 6.07) is 0. The highest BCUT2D eigenvalue weighted by Crippen LogP contribution is 2.29. The molecule has 10 atom stereocenters. The number of hydrogen-bond acceptors (Lipinski definition) is 11. The first kappa shape index (κ1) is 30.8. The molecule has 2 aliphatic heterocycles. The number of aliphatic hydroxyl groups excluding tert-OH is 7. The molecule has 2 fully saturated rings. The van der Waals surface area contributed by atoms with E-state index in [0.717, 1.165) is 19.3 Å². The molecule has 7 N–H and O–H groups in total. The van der Waals surface area contributed by atoms with Crippen molar-refractivity contribution in [1.82, 2.24) is 0 Å². The molecular formula is C24H46O11. The number of aliphatic hydroxyl groups is 7. The fourth-order valence-corrected chi connectivity index (χ4v) is 4.48. The number of hydrogen-bond donors (Lipinski definition) is 7. The highest BCUT2D eigenvalue weighted by atomic mass is 16.7. The van der Waals surface area contributed by atoms with Gasteiger partial charge in [-0.3, -0.25) is 0 Å².